The van der Waals surface area contributed by atoms with Crippen molar-refractivity contribution in [2.24, 2.45) is 5.73 Å². The van der Waals surface area contributed by atoms with Crippen molar-refractivity contribution in [3.63, 3.8) is 0 Å². The monoisotopic (exact) mass is 432 g/mol. The summed E-state index contributed by atoms with van der Waals surface area (Å²) in [6.45, 7) is 0. The van der Waals surface area contributed by atoms with Crippen LogP contribution in [0.3, 0.4) is 0 Å². The molecule has 0 atom stereocenters. The molecule has 0 bridgehead atoms. The largest absolute Gasteiger partial charge is 0.378 e. The van der Waals surface area contributed by atoms with Crippen LogP contribution in [-0.4, -0.2) is 34.7 Å². The first kappa shape index (κ1) is 20.0. The molecule has 0 aliphatic carbocycles. The number of halogens is 1. The highest BCUT2D eigenvalue weighted by Gasteiger charge is 2.15. The molecule has 0 fully saturated rings. The summed E-state index contributed by atoms with van der Waals surface area (Å²) in [7, 11) is 3.88. The Labute approximate surface area is 176 Å². The number of nitrogens with zero attached hydrogens (tertiary/aromatic N) is 3. The van der Waals surface area contributed by atoms with Crippen molar-refractivity contribution in [1.82, 2.24) is 9.59 Å². The molecule has 2 aromatic carbocycles. The standard InChI is InChI=1S/C18H17ClN6OS2/c1-25(2)14-8-11(19)7-13(9-14)22-18(27)21-12-5-3-10(4-6-12)16-15(17(20)26)23-24-28-16/h3-9H,1-2H3,(H2,20,26)(H2,21,22,27). The van der Waals surface area contributed by atoms with E-state index >= 15 is 0 Å². The average molecular weight is 433 g/mol. The Hall–Kier alpha value is -2.75. The van der Waals surface area contributed by atoms with Crippen LogP contribution >= 0.6 is 35.4 Å². The molecule has 0 aliphatic heterocycles. The Balaban J connectivity index is 1.70. The van der Waals surface area contributed by atoms with Gasteiger partial charge in [0.25, 0.3) is 5.91 Å². The van der Waals surface area contributed by atoms with Crippen LogP contribution in [0.25, 0.3) is 10.4 Å². The first-order valence-electron chi connectivity index (χ1n) is 8.12. The minimum absolute atomic E-state index is 0.167. The van der Waals surface area contributed by atoms with Crippen LogP contribution in [0.5, 0.6) is 0 Å². The molecule has 10 heteroatoms. The number of thiocarbonyl (C=S) groups is 1. The summed E-state index contributed by atoms with van der Waals surface area (Å²) in [5.74, 6) is -0.602. The predicted molar refractivity (Wildman–Crippen MR) is 119 cm³/mol. The van der Waals surface area contributed by atoms with Gasteiger partial charge in [-0.1, -0.05) is 28.2 Å². The van der Waals surface area contributed by atoms with E-state index in [4.69, 9.17) is 29.6 Å². The Morgan fingerprint density at radius 1 is 1.14 bits per heavy atom. The Bertz CT molecular complexity index is 1020. The minimum Gasteiger partial charge on any atom is -0.378 e. The SMILES string of the molecule is CN(C)c1cc(Cl)cc(NC(=S)Nc2ccc(-c3snnc3C(N)=O)cc2)c1. The number of nitrogens with two attached hydrogens (primary N) is 1. The van der Waals surface area contributed by atoms with Crippen LogP contribution in [0.15, 0.2) is 42.5 Å². The smallest absolute Gasteiger partial charge is 0.270 e. The van der Waals surface area contributed by atoms with E-state index < -0.39 is 5.91 Å². The molecule has 3 aromatic rings. The number of anilines is 3. The van der Waals surface area contributed by atoms with E-state index in [9.17, 15) is 4.79 Å². The zero-order valence-electron chi connectivity index (χ0n) is 15.1. The summed E-state index contributed by atoms with van der Waals surface area (Å²) in [5, 5.41) is 11.0. The predicted octanol–water partition coefficient (Wildman–Crippen LogP) is 3.83. The molecule has 0 saturated carbocycles. The normalized spacial score (nSPS) is 10.4. The van der Waals surface area contributed by atoms with Gasteiger partial charge in [0, 0.05) is 36.2 Å². The van der Waals surface area contributed by atoms with Crippen molar-refractivity contribution in [2.75, 3.05) is 29.6 Å². The molecule has 4 N–H and O–H groups in total. The van der Waals surface area contributed by atoms with E-state index in [1.165, 1.54) is 0 Å². The van der Waals surface area contributed by atoms with Crippen molar-refractivity contribution >= 4 is 63.4 Å². The van der Waals surface area contributed by atoms with E-state index in [-0.39, 0.29) is 5.69 Å². The van der Waals surface area contributed by atoms with E-state index in [0.29, 0.717) is 15.0 Å². The van der Waals surface area contributed by atoms with Gasteiger partial charge >= 0.3 is 0 Å². The summed E-state index contributed by atoms with van der Waals surface area (Å²) < 4.78 is 3.79. The summed E-state index contributed by atoms with van der Waals surface area (Å²) >= 11 is 12.7. The lowest BCUT2D eigenvalue weighted by atomic mass is 10.1. The highest BCUT2D eigenvalue weighted by molar-refractivity contribution is 7.80. The third kappa shape index (κ3) is 4.75. The fraction of sp³-hybridized carbons (Fsp3) is 0.111. The fourth-order valence-corrected chi connectivity index (χ4v) is 3.58. The first-order valence-corrected chi connectivity index (χ1v) is 9.68. The Kier molecular flexibility index (Phi) is 6.08. The van der Waals surface area contributed by atoms with Gasteiger partial charge in [0.05, 0.1) is 4.88 Å². The van der Waals surface area contributed by atoms with Crippen LogP contribution in [0.1, 0.15) is 10.5 Å². The van der Waals surface area contributed by atoms with Crippen LogP contribution in [0.2, 0.25) is 5.02 Å². The van der Waals surface area contributed by atoms with Gasteiger partial charge in [0.15, 0.2) is 10.8 Å². The maximum atomic E-state index is 11.4. The molecule has 0 spiro atoms. The number of amides is 1. The number of hydrogen-bond donors (Lipinski definition) is 3. The number of rotatable bonds is 5. The van der Waals surface area contributed by atoms with Crippen molar-refractivity contribution in [3.05, 3.63) is 53.2 Å². The van der Waals surface area contributed by atoms with Crippen molar-refractivity contribution in [2.45, 2.75) is 0 Å². The molecule has 1 aromatic heterocycles. The number of hydrogen-bond acceptors (Lipinski definition) is 6. The summed E-state index contributed by atoms with van der Waals surface area (Å²) in [6.07, 6.45) is 0. The highest BCUT2D eigenvalue weighted by atomic mass is 35.5. The molecule has 144 valence electrons. The molecule has 0 aliphatic rings. The minimum atomic E-state index is -0.602. The topological polar surface area (TPSA) is 96.2 Å². The lowest BCUT2D eigenvalue weighted by molar-refractivity contribution is 0.0996. The second-order valence-electron chi connectivity index (χ2n) is 6.06. The van der Waals surface area contributed by atoms with Gasteiger partial charge in [-0.15, -0.1) is 5.10 Å². The molecule has 1 amide bonds. The van der Waals surface area contributed by atoms with E-state index in [0.717, 1.165) is 34.2 Å². The molecule has 0 radical (unpaired) electrons. The Morgan fingerprint density at radius 2 is 1.82 bits per heavy atom. The van der Waals surface area contributed by atoms with Gasteiger partial charge in [0.2, 0.25) is 0 Å². The molecule has 3 rings (SSSR count). The zero-order chi connectivity index (χ0) is 20.3. The lowest BCUT2D eigenvalue weighted by Gasteiger charge is -2.16. The van der Waals surface area contributed by atoms with Crippen LogP contribution in [0.4, 0.5) is 17.1 Å². The summed E-state index contributed by atoms with van der Waals surface area (Å²) in [6, 6.07) is 13.0. The number of carbonyl (C=O) groups is 1. The second-order valence-corrected chi connectivity index (χ2v) is 7.66. The van der Waals surface area contributed by atoms with E-state index in [2.05, 4.69) is 20.2 Å². The molecule has 7 nitrogen and oxygen atoms in total. The number of primary amides is 1. The average Bonchev–Trinajstić information content (AvgIpc) is 3.11. The summed E-state index contributed by atoms with van der Waals surface area (Å²) in [4.78, 5) is 14.0. The molecular formula is C18H17ClN6OS2. The third-order valence-corrected chi connectivity index (χ3v) is 4.98. The molecule has 0 unspecified atom stereocenters. The van der Waals surface area contributed by atoms with Gasteiger partial charge in [-0.2, -0.15) is 0 Å². The molecule has 28 heavy (non-hydrogen) atoms. The maximum Gasteiger partial charge on any atom is 0.270 e. The van der Waals surface area contributed by atoms with Gasteiger partial charge in [-0.3, -0.25) is 4.79 Å². The number of aromatic nitrogens is 2. The molecule has 0 saturated heterocycles. The third-order valence-electron chi connectivity index (χ3n) is 3.78. The molecule has 1 heterocycles. The number of benzene rings is 2. The van der Waals surface area contributed by atoms with Crippen LogP contribution in [-0.2, 0) is 0 Å². The first-order chi connectivity index (χ1) is 13.3. The highest BCUT2D eigenvalue weighted by Crippen LogP contribution is 2.27. The quantitative estimate of drug-likeness (QED) is 0.527. The van der Waals surface area contributed by atoms with E-state index in [1.807, 2.05) is 55.4 Å². The van der Waals surface area contributed by atoms with Gasteiger partial charge in [0.1, 0.15) is 0 Å². The fourth-order valence-electron chi connectivity index (χ4n) is 2.44. The second kappa shape index (κ2) is 8.51. The van der Waals surface area contributed by atoms with Gasteiger partial charge in [-0.25, -0.2) is 0 Å². The van der Waals surface area contributed by atoms with Crippen LogP contribution < -0.4 is 21.3 Å². The summed E-state index contributed by atoms with van der Waals surface area (Å²) in [5.41, 5.74) is 8.83. The van der Waals surface area contributed by atoms with Gasteiger partial charge < -0.3 is 21.3 Å². The Morgan fingerprint density at radius 3 is 2.46 bits per heavy atom. The van der Waals surface area contributed by atoms with Crippen molar-refractivity contribution < 1.29 is 4.79 Å². The van der Waals surface area contributed by atoms with Crippen molar-refractivity contribution in [1.29, 1.82) is 0 Å². The van der Waals surface area contributed by atoms with E-state index in [1.54, 1.807) is 6.07 Å². The zero-order valence-corrected chi connectivity index (χ0v) is 17.5. The van der Waals surface area contributed by atoms with Crippen molar-refractivity contribution in [3.8, 4) is 10.4 Å². The van der Waals surface area contributed by atoms with Crippen LogP contribution in [0, 0.1) is 0 Å². The number of carbonyl (C=O) groups excluding carboxylic acids is 1. The number of nitrogens with one attached hydrogen (secondary N) is 2. The van der Waals surface area contributed by atoms with Gasteiger partial charge in [-0.05, 0) is 59.6 Å². The maximum absolute atomic E-state index is 11.4. The lowest BCUT2D eigenvalue weighted by Crippen LogP contribution is -2.19. The molecular weight excluding hydrogens is 416 g/mol.